The van der Waals surface area contributed by atoms with Crippen LogP contribution in [0.15, 0.2) is 22.7 Å². The largest absolute Gasteiger partial charge is 0.444 e. The Labute approximate surface area is 116 Å². The Morgan fingerprint density at radius 3 is 2.67 bits per heavy atom. The Bertz CT molecular complexity index is 479. The first-order chi connectivity index (χ1) is 8.29. The van der Waals surface area contributed by atoms with Gasteiger partial charge in [0.05, 0.1) is 12.6 Å². The molecule has 0 aliphatic carbocycles. The standard InChI is InChI=1S/C14H18BrNO2/c1-9-10-6-5-7-12(15)11(10)8-16(9)13(17)18-14(2,3)4/h5-7,9H,8H2,1-4H3/t9-/m0/s1. The first kappa shape index (κ1) is 13.4. The Balaban J connectivity index is 2.21. The monoisotopic (exact) mass is 311 g/mol. The van der Waals surface area contributed by atoms with Crippen LogP contribution in [0.25, 0.3) is 0 Å². The van der Waals surface area contributed by atoms with Gasteiger partial charge in [-0.2, -0.15) is 0 Å². The molecule has 1 aliphatic rings. The number of ether oxygens (including phenoxy) is 1. The summed E-state index contributed by atoms with van der Waals surface area (Å²) in [6, 6.07) is 6.13. The predicted octanol–water partition coefficient (Wildman–Crippen LogP) is 4.26. The highest BCUT2D eigenvalue weighted by atomic mass is 79.9. The number of hydrogen-bond acceptors (Lipinski definition) is 2. The smallest absolute Gasteiger partial charge is 0.411 e. The second-order valence-electron chi connectivity index (χ2n) is 5.59. The van der Waals surface area contributed by atoms with Gasteiger partial charge in [0.1, 0.15) is 5.60 Å². The molecule has 0 aromatic heterocycles. The summed E-state index contributed by atoms with van der Waals surface area (Å²) in [5.74, 6) is 0. The van der Waals surface area contributed by atoms with Crippen LogP contribution in [0.3, 0.4) is 0 Å². The topological polar surface area (TPSA) is 29.5 Å². The molecule has 2 rings (SSSR count). The molecule has 18 heavy (non-hydrogen) atoms. The summed E-state index contributed by atoms with van der Waals surface area (Å²) in [6.45, 7) is 8.28. The van der Waals surface area contributed by atoms with E-state index in [1.54, 1.807) is 4.90 Å². The summed E-state index contributed by atoms with van der Waals surface area (Å²) >= 11 is 3.53. The number of benzene rings is 1. The quantitative estimate of drug-likeness (QED) is 0.716. The Morgan fingerprint density at radius 1 is 1.44 bits per heavy atom. The van der Waals surface area contributed by atoms with E-state index in [2.05, 4.69) is 22.0 Å². The molecule has 1 aromatic rings. The normalized spacial score (nSPS) is 18.7. The van der Waals surface area contributed by atoms with Gasteiger partial charge in [0, 0.05) is 4.47 Å². The van der Waals surface area contributed by atoms with Crippen molar-refractivity contribution in [3.8, 4) is 0 Å². The van der Waals surface area contributed by atoms with Gasteiger partial charge in [0.15, 0.2) is 0 Å². The van der Waals surface area contributed by atoms with Gasteiger partial charge < -0.3 is 4.74 Å². The zero-order valence-electron chi connectivity index (χ0n) is 11.2. The predicted molar refractivity (Wildman–Crippen MR) is 74.3 cm³/mol. The fourth-order valence-corrected chi connectivity index (χ4v) is 2.66. The Morgan fingerprint density at radius 2 is 2.11 bits per heavy atom. The van der Waals surface area contributed by atoms with Crippen molar-refractivity contribution in [2.75, 3.05) is 0 Å². The molecule has 0 fully saturated rings. The second kappa shape index (κ2) is 4.57. The lowest BCUT2D eigenvalue weighted by molar-refractivity contribution is 0.0187. The van der Waals surface area contributed by atoms with Gasteiger partial charge in [-0.1, -0.05) is 28.1 Å². The minimum atomic E-state index is -0.456. The minimum absolute atomic E-state index is 0.0624. The SMILES string of the molecule is C[C@H]1c2cccc(Br)c2CN1C(=O)OC(C)(C)C. The minimum Gasteiger partial charge on any atom is -0.444 e. The third-order valence-electron chi connectivity index (χ3n) is 3.03. The summed E-state index contributed by atoms with van der Waals surface area (Å²) in [4.78, 5) is 13.9. The van der Waals surface area contributed by atoms with Crippen LogP contribution in [-0.4, -0.2) is 16.6 Å². The van der Waals surface area contributed by atoms with Crippen molar-refractivity contribution in [3.63, 3.8) is 0 Å². The van der Waals surface area contributed by atoms with Crippen LogP contribution >= 0.6 is 15.9 Å². The number of carbonyl (C=O) groups excluding carboxylic acids is 1. The number of amides is 1. The van der Waals surface area contributed by atoms with Crippen LogP contribution in [0.4, 0.5) is 4.79 Å². The molecule has 1 amide bonds. The molecule has 0 radical (unpaired) electrons. The third-order valence-corrected chi connectivity index (χ3v) is 3.77. The van der Waals surface area contributed by atoms with E-state index in [0.717, 1.165) is 4.47 Å². The average molecular weight is 312 g/mol. The van der Waals surface area contributed by atoms with E-state index in [0.29, 0.717) is 6.54 Å². The van der Waals surface area contributed by atoms with Crippen LogP contribution in [0.5, 0.6) is 0 Å². The van der Waals surface area contributed by atoms with E-state index in [-0.39, 0.29) is 12.1 Å². The highest BCUT2D eigenvalue weighted by molar-refractivity contribution is 9.10. The van der Waals surface area contributed by atoms with Crippen molar-refractivity contribution in [2.45, 2.75) is 45.9 Å². The molecule has 0 saturated carbocycles. The van der Waals surface area contributed by atoms with Crippen molar-refractivity contribution in [1.29, 1.82) is 0 Å². The van der Waals surface area contributed by atoms with Crippen molar-refractivity contribution in [2.24, 2.45) is 0 Å². The summed E-state index contributed by atoms with van der Waals surface area (Å²) in [7, 11) is 0. The molecule has 1 atom stereocenters. The van der Waals surface area contributed by atoms with E-state index in [4.69, 9.17) is 4.74 Å². The second-order valence-corrected chi connectivity index (χ2v) is 6.45. The van der Waals surface area contributed by atoms with Crippen molar-refractivity contribution >= 4 is 22.0 Å². The highest BCUT2D eigenvalue weighted by Gasteiger charge is 2.34. The summed E-state index contributed by atoms with van der Waals surface area (Å²) in [6.07, 6.45) is -0.252. The summed E-state index contributed by atoms with van der Waals surface area (Å²) < 4.78 is 6.49. The van der Waals surface area contributed by atoms with Crippen molar-refractivity contribution < 1.29 is 9.53 Å². The average Bonchev–Trinajstić information content (AvgIpc) is 2.56. The first-order valence-corrected chi connectivity index (χ1v) is 6.86. The Kier molecular flexibility index (Phi) is 3.41. The van der Waals surface area contributed by atoms with Gasteiger partial charge in [-0.25, -0.2) is 4.79 Å². The Hall–Kier alpha value is -1.03. The molecule has 1 heterocycles. The number of nitrogens with zero attached hydrogens (tertiary/aromatic N) is 1. The molecule has 0 unspecified atom stereocenters. The molecule has 0 bridgehead atoms. The molecule has 0 N–H and O–H groups in total. The molecule has 3 nitrogen and oxygen atoms in total. The van der Waals surface area contributed by atoms with Crippen molar-refractivity contribution in [1.82, 2.24) is 4.90 Å². The number of carbonyl (C=O) groups is 1. The van der Waals surface area contributed by atoms with Crippen LogP contribution < -0.4 is 0 Å². The van der Waals surface area contributed by atoms with E-state index in [9.17, 15) is 4.79 Å². The first-order valence-electron chi connectivity index (χ1n) is 6.06. The lowest BCUT2D eigenvalue weighted by atomic mass is 10.1. The lowest BCUT2D eigenvalue weighted by Crippen LogP contribution is -2.35. The highest BCUT2D eigenvalue weighted by Crippen LogP contribution is 2.37. The molecular formula is C14H18BrNO2. The molecule has 4 heteroatoms. The molecule has 1 aliphatic heterocycles. The number of fused-ring (bicyclic) bond motifs is 1. The van der Waals surface area contributed by atoms with Gasteiger partial charge in [-0.15, -0.1) is 0 Å². The van der Waals surface area contributed by atoms with Gasteiger partial charge in [0.25, 0.3) is 0 Å². The summed E-state index contributed by atoms with van der Waals surface area (Å²) in [5.41, 5.74) is 1.91. The summed E-state index contributed by atoms with van der Waals surface area (Å²) in [5, 5.41) is 0. The van der Waals surface area contributed by atoms with Crippen LogP contribution in [-0.2, 0) is 11.3 Å². The maximum absolute atomic E-state index is 12.1. The van der Waals surface area contributed by atoms with Gasteiger partial charge in [-0.05, 0) is 44.9 Å². The van der Waals surface area contributed by atoms with E-state index in [1.807, 2.05) is 39.8 Å². The number of rotatable bonds is 0. The van der Waals surface area contributed by atoms with Crippen LogP contribution in [0.2, 0.25) is 0 Å². The van der Waals surface area contributed by atoms with E-state index < -0.39 is 5.60 Å². The van der Waals surface area contributed by atoms with Gasteiger partial charge in [-0.3, -0.25) is 4.90 Å². The molecule has 98 valence electrons. The third kappa shape index (κ3) is 2.53. The molecule has 0 saturated heterocycles. The van der Waals surface area contributed by atoms with Gasteiger partial charge >= 0.3 is 6.09 Å². The van der Waals surface area contributed by atoms with Crippen LogP contribution in [0.1, 0.15) is 44.9 Å². The molecule has 0 spiro atoms. The zero-order chi connectivity index (χ0) is 13.5. The molecule has 1 aromatic carbocycles. The molecular weight excluding hydrogens is 294 g/mol. The van der Waals surface area contributed by atoms with Gasteiger partial charge in [0.2, 0.25) is 0 Å². The van der Waals surface area contributed by atoms with Crippen LogP contribution in [0, 0.1) is 0 Å². The zero-order valence-corrected chi connectivity index (χ0v) is 12.7. The maximum atomic E-state index is 12.1. The number of hydrogen-bond donors (Lipinski definition) is 0. The van der Waals surface area contributed by atoms with E-state index >= 15 is 0 Å². The fraction of sp³-hybridized carbons (Fsp3) is 0.500. The van der Waals surface area contributed by atoms with Crippen molar-refractivity contribution in [3.05, 3.63) is 33.8 Å². The number of halogens is 1. The lowest BCUT2D eigenvalue weighted by Gasteiger charge is -2.27. The fourth-order valence-electron chi connectivity index (χ4n) is 2.15. The maximum Gasteiger partial charge on any atom is 0.411 e. The van der Waals surface area contributed by atoms with E-state index in [1.165, 1.54) is 11.1 Å².